The number of piperidine rings is 2. The van der Waals surface area contributed by atoms with Gasteiger partial charge in [-0.2, -0.15) is 0 Å². The van der Waals surface area contributed by atoms with Crippen LogP contribution in [0.4, 0.5) is 4.79 Å². The standard InChI is InChI=1S/C27H37N3O5/c1-19-25(33)30-21(10-11-24(32)28-15-14-27(12-13-27)23(31)17-28)8-5-9-22(30)16-29(19)26(34)35-18-20-6-3-2-4-7-20/h2-4,6-7,19,21-23,31H,5,8-18H2,1H3/t19-,21+,22-,23?/m0/s1. The fourth-order valence-corrected chi connectivity index (χ4v) is 6.19. The number of rotatable bonds is 5. The maximum atomic E-state index is 13.4. The molecule has 190 valence electrons. The maximum absolute atomic E-state index is 13.4. The van der Waals surface area contributed by atoms with E-state index in [-0.39, 0.29) is 35.9 Å². The number of nitrogens with zero attached hydrogens (tertiary/aromatic N) is 3. The molecule has 1 aromatic rings. The first-order chi connectivity index (χ1) is 16.9. The smallest absolute Gasteiger partial charge is 0.410 e. The summed E-state index contributed by atoms with van der Waals surface area (Å²) < 4.78 is 5.51. The monoisotopic (exact) mass is 483 g/mol. The van der Waals surface area contributed by atoms with E-state index in [9.17, 15) is 19.5 Å². The molecular weight excluding hydrogens is 446 g/mol. The van der Waals surface area contributed by atoms with Crippen molar-refractivity contribution in [3.8, 4) is 0 Å². The third-order valence-corrected chi connectivity index (χ3v) is 8.70. The topological polar surface area (TPSA) is 90.4 Å². The summed E-state index contributed by atoms with van der Waals surface area (Å²) in [5, 5.41) is 10.4. The number of ether oxygens (including phenoxy) is 1. The van der Waals surface area contributed by atoms with Crippen LogP contribution in [0.1, 0.15) is 63.9 Å². The number of likely N-dealkylation sites (tertiary alicyclic amines) is 1. The molecule has 1 aromatic carbocycles. The second-order valence-electron chi connectivity index (χ2n) is 10.9. The van der Waals surface area contributed by atoms with E-state index in [4.69, 9.17) is 4.74 Å². The van der Waals surface area contributed by atoms with Crippen LogP contribution in [0.25, 0.3) is 0 Å². The summed E-state index contributed by atoms with van der Waals surface area (Å²) in [5.41, 5.74) is 0.993. The Morgan fingerprint density at radius 1 is 1.11 bits per heavy atom. The lowest BCUT2D eigenvalue weighted by Crippen LogP contribution is -2.65. The van der Waals surface area contributed by atoms with Crippen molar-refractivity contribution >= 4 is 17.9 Å². The van der Waals surface area contributed by atoms with Gasteiger partial charge in [0.25, 0.3) is 0 Å². The molecule has 4 fully saturated rings. The number of amides is 3. The zero-order chi connectivity index (χ0) is 24.6. The third-order valence-electron chi connectivity index (χ3n) is 8.70. The quantitative estimate of drug-likeness (QED) is 0.696. The molecule has 0 radical (unpaired) electrons. The molecule has 1 aliphatic carbocycles. The molecule has 3 aliphatic heterocycles. The molecule has 4 aliphatic rings. The van der Waals surface area contributed by atoms with E-state index in [0.29, 0.717) is 25.9 Å². The number of carbonyl (C=O) groups is 3. The highest BCUT2D eigenvalue weighted by atomic mass is 16.6. The van der Waals surface area contributed by atoms with Crippen LogP contribution < -0.4 is 0 Å². The molecule has 3 heterocycles. The molecule has 4 atom stereocenters. The molecule has 3 saturated heterocycles. The molecule has 5 rings (SSSR count). The average Bonchev–Trinajstić information content (AvgIpc) is 3.66. The number of hydrogen-bond donors (Lipinski definition) is 1. The largest absolute Gasteiger partial charge is 0.445 e. The number of benzene rings is 1. The zero-order valence-corrected chi connectivity index (χ0v) is 20.6. The van der Waals surface area contributed by atoms with Gasteiger partial charge in [0.05, 0.1) is 6.10 Å². The molecule has 1 unspecified atom stereocenters. The van der Waals surface area contributed by atoms with Gasteiger partial charge in [0.2, 0.25) is 11.8 Å². The van der Waals surface area contributed by atoms with Crippen LogP contribution in [0, 0.1) is 5.41 Å². The lowest BCUT2D eigenvalue weighted by molar-refractivity contribution is -0.151. The van der Waals surface area contributed by atoms with Crippen molar-refractivity contribution in [1.29, 1.82) is 0 Å². The van der Waals surface area contributed by atoms with Crippen LogP contribution in [0.2, 0.25) is 0 Å². The van der Waals surface area contributed by atoms with Crippen LogP contribution in [-0.4, -0.2) is 81.6 Å². The van der Waals surface area contributed by atoms with E-state index in [1.54, 1.807) is 16.7 Å². The number of piperazine rings is 1. The van der Waals surface area contributed by atoms with Gasteiger partial charge in [-0.25, -0.2) is 4.79 Å². The van der Waals surface area contributed by atoms with E-state index in [1.807, 2.05) is 35.2 Å². The molecule has 8 heteroatoms. The van der Waals surface area contributed by atoms with Gasteiger partial charge in [0, 0.05) is 38.1 Å². The lowest BCUT2D eigenvalue weighted by atomic mass is 9.88. The van der Waals surface area contributed by atoms with Crippen molar-refractivity contribution in [3.05, 3.63) is 35.9 Å². The molecule has 1 spiro atoms. The van der Waals surface area contributed by atoms with Crippen LogP contribution in [-0.2, 0) is 20.9 Å². The summed E-state index contributed by atoms with van der Waals surface area (Å²) in [6.45, 7) is 3.57. The van der Waals surface area contributed by atoms with Crippen LogP contribution in [0.15, 0.2) is 30.3 Å². The van der Waals surface area contributed by atoms with Crippen molar-refractivity contribution in [1.82, 2.24) is 14.7 Å². The third kappa shape index (κ3) is 4.90. The Morgan fingerprint density at radius 3 is 2.60 bits per heavy atom. The van der Waals surface area contributed by atoms with Gasteiger partial charge < -0.3 is 19.6 Å². The Morgan fingerprint density at radius 2 is 1.89 bits per heavy atom. The van der Waals surface area contributed by atoms with Gasteiger partial charge in [-0.15, -0.1) is 0 Å². The molecule has 35 heavy (non-hydrogen) atoms. The highest BCUT2D eigenvalue weighted by molar-refractivity contribution is 5.87. The summed E-state index contributed by atoms with van der Waals surface area (Å²) in [6.07, 6.45) is 5.90. The predicted molar refractivity (Wildman–Crippen MR) is 129 cm³/mol. The number of carbonyl (C=O) groups excluding carboxylic acids is 3. The summed E-state index contributed by atoms with van der Waals surface area (Å²) in [7, 11) is 0. The summed E-state index contributed by atoms with van der Waals surface area (Å²) >= 11 is 0. The lowest BCUT2D eigenvalue weighted by Gasteiger charge is -2.50. The Labute approximate surface area is 207 Å². The summed E-state index contributed by atoms with van der Waals surface area (Å²) in [4.78, 5) is 44.4. The number of β-amino-alcohol motifs (C(OH)–C–C–N with tert-alkyl or cyclic N) is 1. The fourth-order valence-electron chi connectivity index (χ4n) is 6.19. The van der Waals surface area contributed by atoms with E-state index < -0.39 is 18.2 Å². The number of aliphatic hydroxyl groups excluding tert-OH is 1. The van der Waals surface area contributed by atoms with Crippen molar-refractivity contribution in [2.75, 3.05) is 19.6 Å². The van der Waals surface area contributed by atoms with Crippen LogP contribution in [0.5, 0.6) is 0 Å². The van der Waals surface area contributed by atoms with Gasteiger partial charge in [-0.05, 0) is 62.8 Å². The first-order valence-corrected chi connectivity index (χ1v) is 13.1. The molecule has 3 amide bonds. The van der Waals surface area contributed by atoms with Crippen LogP contribution in [0.3, 0.4) is 0 Å². The first-order valence-electron chi connectivity index (χ1n) is 13.1. The number of hydrogen-bond acceptors (Lipinski definition) is 5. The first kappa shape index (κ1) is 24.1. The fraction of sp³-hybridized carbons (Fsp3) is 0.667. The second kappa shape index (κ2) is 9.80. The second-order valence-corrected chi connectivity index (χ2v) is 10.9. The average molecular weight is 484 g/mol. The number of aliphatic hydroxyl groups is 1. The highest BCUT2D eigenvalue weighted by Crippen LogP contribution is 2.53. The Hall–Kier alpha value is -2.61. The Kier molecular flexibility index (Phi) is 6.75. The predicted octanol–water partition coefficient (Wildman–Crippen LogP) is 2.93. The minimum absolute atomic E-state index is 0.0135. The SMILES string of the molecule is C[C@H]1C(=O)N2[C@@H](CCC(=O)N3CCC4(CC4)C(O)C3)CCC[C@H]2CN1C(=O)OCc1ccccc1. The van der Waals surface area contributed by atoms with Gasteiger partial charge in [-0.3, -0.25) is 14.5 Å². The van der Waals surface area contributed by atoms with E-state index in [2.05, 4.69) is 0 Å². The molecule has 1 saturated carbocycles. The minimum atomic E-state index is -0.585. The van der Waals surface area contributed by atoms with Gasteiger partial charge >= 0.3 is 6.09 Å². The van der Waals surface area contributed by atoms with Crippen molar-refractivity contribution in [2.45, 2.75) is 89.1 Å². The minimum Gasteiger partial charge on any atom is -0.445 e. The van der Waals surface area contributed by atoms with Gasteiger partial charge in [-0.1, -0.05) is 30.3 Å². The summed E-state index contributed by atoms with van der Waals surface area (Å²) in [5.74, 6) is 0.0180. The van der Waals surface area contributed by atoms with Crippen molar-refractivity contribution < 1.29 is 24.2 Å². The molecule has 8 nitrogen and oxygen atoms in total. The van der Waals surface area contributed by atoms with Gasteiger partial charge in [0.1, 0.15) is 12.6 Å². The summed E-state index contributed by atoms with van der Waals surface area (Å²) in [6, 6.07) is 8.91. The molecule has 0 bridgehead atoms. The molecule has 1 N–H and O–H groups in total. The van der Waals surface area contributed by atoms with Gasteiger partial charge in [0.15, 0.2) is 0 Å². The highest BCUT2D eigenvalue weighted by Gasteiger charge is 2.52. The molecular formula is C27H37N3O5. The molecule has 0 aromatic heterocycles. The van der Waals surface area contributed by atoms with E-state index >= 15 is 0 Å². The Balaban J connectivity index is 1.15. The zero-order valence-electron chi connectivity index (χ0n) is 20.6. The Bertz CT molecular complexity index is 949. The maximum Gasteiger partial charge on any atom is 0.410 e. The normalized spacial score (nSPS) is 29.7. The van der Waals surface area contributed by atoms with E-state index in [0.717, 1.165) is 50.6 Å². The van der Waals surface area contributed by atoms with Crippen molar-refractivity contribution in [3.63, 3.8) is 0 Å². The number of fused-ring (bicyclic) bond motifs is 1. The van der Waals surface area contributed by atoms with E-state index in [1.165, 1.54) is 0 Å². The van der Waals surface area contributed by atoms with Crippen LogP contribution >= 0.6 is 0 Å². The van der Waals surface area contributed by atoms with Crippen molar-refractivity contribution in [2.24, 2.45) is 5.41 Å².